The molecule has 0 saturated carbocycles. The number of halogens is 1. The molecule has 0 radical (unpaired) electrons. The van der Waals surface area contributed by atoms with E-state index in [1.165, 1.54) is 18.2 Å². The third kappa shape index (κ3) is 5.14. The van der Waals surface area contributed by atoms with Crippen molar-refractivity contribution in [3.8, 4) is 0 Å². The van der Waals surface area contributed by atoms with Gasteiger partial charge in [-0.15, -0.1) is 5.10 Å². The Kier molecular flexibility index (Phi) is 6.74. The summed E-state index contributed by atoms with van der Waals surface area (Å²) in [4.78, 5) is 12.3. The van der Waals surface area contributed by atoms with Gasteiger partial charge in [-0.25, -0.2) is 4.39 Å². The lowest BCUT2D eigenvalue weighted by molar-refractivity contribution is -0.0912. The van der Waals surface area contributed by atoms with Crippen LogP contribution in [0.4, 0.5) is 4.39 Å². The monoisotopic (exact) mass is 390 g/mol. The van der Waals surface area contributed by atoms with Crippen LogP contribution in [0.3, 0.4) is 0 Å². The molecular formula is C20H27FN4O3. The molecule has 28 heavy (non-hydrogen) atoms. The van der Waals surface area contributed by atoms with E-state index in [4.69, 9.17) is 4.74 Å². The SMILES string of the molecule is CC(C)c1cn(CC[C@@H]2CC[C@H](NC(=O)c3cccc(F)c3)[C@H](CO)O2)nn1. The average molecular weight is 390 g/mol. The number of carbonyl (C=O) groups excluding carboxylic acids is 1. The number of ether oxygens (including phenoxy) is 1. The highest BCUT2D eigenvalue weighted by Gasteiger charge is 2.32. The fraction of sp³-hybridized carbons (Fsp3) is 0.550. The minimum atomic E-state index is -0.488. The molecule has 3 atom stereocenters. The quantitative estimate of drug-likeness (QED) is 0.757. The van der Waals surface area contributed by atoms with Gasteiger partial charge in [-0.3, -0.25) is 9.48 Å². The summed E-state index contributed by atoms with van der Waals surface area (Å²) in [6.07, 6.45) is 3.63. The second-order valence-electron chi connectivity index (χ2n) is 7.50. The highest BCUT2D eigenvalue weighted by molar-refractivity contribution is 5.94. The molecule has 1 aromatic heterocycles. The largest absolute Gasteiger partial charge is 0.394 e. The summed E-state index contributed by atoms with van der Waals surface area (Å²) >= 11 is 0. The number of carbonyl (C=O) groups is 1. The van der Waals surface area contributed by atoms with E-state index >= 15 is 0 Å². The predicted molar refractivity (Wildman–Crippen MR) is 101 cm³/mol. The number of hydrogen-bond donors (Lipinski definition) is 2. The summed E-state index contributed by atoms with van der Waals surface area (Å²) in [6.45, 7) is 4.64. The number of rotatable bonds is 7. The number of aliphatic hydroxyl groups is 1. The van der Waals surface area contributed by atoms with E-state index in [1.54, 1.807) is 6.07 Å². The van der Waals surface area contributed by atoms with E-state index in [0.29, 0.717) is 18.9 Å². The van der Waals surface area contributed by atoms with Crippen molar-refractivity contribution in [3.05, 3.63) is 47.5 Å². The maximum Gasteiger partial charge on any atom is 0.251 e. The summed E-state index contributed by atoms with van der Waals surface area (Å²) in [6, 6.07) is 5.23. The first-order valence-electron chi connectivity index (χ1n) is 9.69. The molecule has 0 aliphatic carbocycles. The molecule has 2 N–H and O–H groups in total. The van der Waals surface area contributed by atoms with Crippen LogP contribution in [0.2, 0.25) is 0 Å². The number of nitrogens with zero attached hydrogens (tertiary/aromatic N) is 3. The Morgan fingerprint density at radius 1 is 1.43 bits per heavy atom. The summed E-state index contributed by atoms with van der Waals surface area (Å²) < 4.78 is 21.1. The van der Waals surface area contributed by atoms with Crippen LogP contribution in [0.1, 0.15) is 55.1 Å². The predicted octanol–water partition coefficient (Wildman–Crippen LogP) is 2.27. The van der Waals surface area contributed by atoms with Gasteiger partial charge in [0.1, 0.15) is 11.9 Å². The highest BCUT2D eigenvalue weighted by atomic mass is 19.1. The Hall–Kier alpha value is -2.32. The molecule has 0 spiro atoms. The van der Waals surface area contributed by atoms with Crippen molar-refractivity contribution in [2.45, 2.75) is 63.8 Å². The molecule has 152 valence electrons. The third-order valence-electron chi connectivity index (χ3n) is 5.03. The van der Waals surface area contributed by atoms with Crippen molar-refractivity contribution in [1.29, 1.82) is 0 Å². The Bertz CT molecular complexity index is 795. The van der Waals surface area contributed by atoms with Gasteiger partial charge in [0.2, 0.25) is 0 Å². The van der Waals surface area contributed by atoms with E-state index < -0.39 is 11.9 Å². The minimum Gasteiger partial charge on any atom is -0.394 e. The van der Waals surface area contributed by atoms with Crippen LogP contribution in [0.15, 0.2) is 30.5 Å². The van der Waals surface area contributed by atoms with Gasteiger partial charge < -0.3 is 15.2 Å². The summed E-state index contributed by atoms with van der Waals surface area (Å²) in [5, 5.41) is 20.8. The van der Waals surface area contributed by atoms with Crippen LogP contribution >= 0.6 is 0 Å². The fourth-order valence-corrected chi connectivity index (χ4v) is 3.35. The molecule has 1 aromatic carbocycles. The number of aryl methyl sites for hydroxylation is 1. The van der Waals surface area contributed by atoms with E-state index in [-0.39, 0.29) is 30.2 Å². The molecule has 1 saturated heterocycles. The maximum absolute atomic E-state index is 13.3. The second-order valence-corrected chi connectivity index (χ2v) is 7.50. The van der Waals surface area contributed by atoms with Gasteiger partial charge in [0, 0.05) is 18.3 Å². The molecule has 1 amide bonds. The van der Waals surface area contributed by atoms with Crippen LogP contribution < -0.4 is 5.32 Å². The smallest absolute Gasteiger partial charge is 0.251 e. The Balaban J connectivity index is 1.52. The van der Waals surface area contributed by atoms with Gasteiger partial charge in [-0.1, -0.05) is 25.1 Å². The number of nitrogens with one attached hydrogen (secondary N) is 1. The molecule has 1 aliphatic heterocycles. The number of aromatic nitrogens is 3. The van der Waals surface area contributed by atoms with Gasteiger partial charge >= 0.3 is 0 Å². The van der Waals surface area contributed by atoms with Gasteiger partial charge in [0.15, 0.2) is 0 Å². The van der Waals surface area contributed by atoms with Gasteiger partial charge in [-0.05, 0) is 43.4 Å². The number of benzene rings is 1. The Morgan fingerprint density at radius 2 is 2.25 bits per heavy atom. The number of aliphatic hydroxyl groups excluding tert-OH is 1. The zero-order valence-corrected chi connectivity index (χ0v) is 16.2. The molecule has 0 bridgehead atoms. The van der Waals surface area contributed by atoms with Crippen LogP contribution in [-0.4, -0.2) is 50.9 Å². The van der Waals surface area contributed by atoms with Crippen molar-refractivity contribution < 1.29 is 19.0 Å². The van der Waals surface area contributed by atoms with Gasteiger partial charge in [-0.2, -0.15) is 0 Å². The number of hydrogen-bond acceptors (Lipinski definition) is 5. The van der Waals surface area contributed by atoms with E-state index in [0.717, 1.165) is 18.5 Å². The standard InChI is InChI=1S/C20H27FN4O3/c1-13(2)18-11-25(24-23-18)9-8-16-6-7-17(19(12-26)28-16)22-20(27)14-4-3-5-15(21)10-14/h3-5,10-11,13,16-17,19,26H,6-9,12H2,1-2H3,(H,22,27)/t16-,17-,19-/m0/s1. The van der Waals surface area contributed by atoms with Crippen molar-refractivity contribution in [1.82, 2.24) is 20.3 Å². The lowest BCUT2D eigenvalue weighted by Crippen LogP contribution is -2.51. The van der Waals surface area contributed by atoms with Crippen molar-refractivity contribution >= 4 is 5.91 Å². The molecule has 0 unspecified atom stereocenters. The lowest BCUT2D eigenvalue weighted by atomic mass is 9.96. The summed E-state index contributed by atoms with van der Waals surface area (Å²) in [7, 11) is 0. The summed E-state index contributed by atoms with van der Waals surface area (Å²) in [5.41, 5.74) is 1.21. The Labute approximate surface area is 163 Å². The summed E-state index contributed by atoms with van der Waals surface area (Å²) in [5.74, 6) is -0.491. The van der Waals surface area contributed by atoms with E-state index in [9.17, 15) is 14.3 Å². The van der Waals surface area contributed by atoms with Crippen LogP contribution in [0, 0.1) is 5.82 Å². The molecule has 3 rings (SSSR count). The fourth-order valence-electron chi connectivity index (χ4n) is 3.35. The molecule has 8 heteroatoms. The average Bonchev–Trinajstić information content (AvgIpc) is 3.16. The maximum atomic E-state index is 13.3. The molecule has 1 aliphatic rings. The second kappa shape index (κ2) is 9.25. The normalized spacial score (nSPS) is 22.4. The molecule has 1 fully saturated rings. The van der Waals surface area contributed by atoms with Crippen LogP contribution in [-0.2, 0) is 11.3 Å². The molecule has 7 nitrogen and oxygen atoms in total. The first-order chi connectivity index (χ1) is 13.5. The van der Waals surface area contributed by atoms with Gasteiger partial charge in [0.05, 0.1) is 24.4 Å². The van der Waals surface area contributed by atoms with Crippen LogP contribution in [0.25, 0.3) is 0 Å². The topological polar surface area (TPSA) is 89.3 Å². The Morgan fingerprint density at radius 3 is 2.93 bits per heavy atom. The zero-order chi connectivity index (χ0) is 20.1. The van der Waals surface area contributed by atoms with Crippen molar-refractivity contribution in [2.24, 2.45) is 0 Å². The number of amides is 1. The highest BCUT2D eigenvalue weighted by Crippen LogP contribution is 2.23. The van der Waals surface area contributed by atoms with Gasteiger partial charge in [0.25, 0.3) is 5.91 Å². The van der Waals surface area contributed by atoms with Crippen LogP contribution in [0.5, 0.6) is 0 Å². The minimum absolute atomic E-state index is 0.0221. The van der Waals surface area contributed by atoms with Crippen molar-refractivity contribution in [2.75, 3.05) is 6.61 Å². The van der Waals surface area contributed by atoms with E-state index in [2.05, 4.69) is 29.5 Å². The first kappa shape index (κ1) is 20.4. The van der Waals surface area contributed by atoms with E-state index in [1.807, 2.05) is 10.9 Å². The molecule has 2 aromatic rings. The first-order valence-corrected chi connectivity index (χ1v) is 9.69. The third-order valence-corrected chi connectivity index (χ3v) is 5.03. The lowest BCUT2D eigenvalue weighted by Gasteiger charge is -2.36. The zero-order valence-electron chi connectivity index (χ0n) is 16.2. The molecule has 2 heterocycles. The van der Waals surface area contributed by atoms with Crippen molar-refractivity contribution in [3.63, 3.8) is 0 Å². The molecular weight excluding hydrogens is 363 g/mol.